The molecule has 2 rings (SSSR count). The number of carbonyl (C=O) groups is 1. The smallest absolute Gasteiger partial charge is 0.335 e. The summed E-state index contributed by atoms with van der Waals surface area (Å²) >= 11 is 2.03. The maximum absolute atomic E-state index is 11.9. The topological polar surface area (TPSA) is 29.5 Å². The predicted octanol–water partition coefficient (Wildman–Crippen LogP) is 1.93. The Hall–Kier alpha value is -0.480. The molecule has 1 saturated heterocycles. The minimum absolute atomic E-state index is 0.121. The molecule has 17 heavy (non-hydrogen) atoms. The van der Waals surface area contributed by atoms with Crippen LogP contribution in [0.3, 0.4) is 0 Å². The standard InChI is InChI=1S/C13H21NO2S/c1-14-6-3-11(10-4-7-17-8-5-10)12(9-14)13(15)16-2/h10H,3-9H2,1-2H3. The summed E-state index contributed by atoms with van der Waals surface area (Å²) < 4.78 is 4.93. The quantitative estimate of drug-likeness (QED) is 0.705. The van der Waals surface area contributed by atoms with E-state index in [1.165, 1.54) is 37.0 Å². The van der Waals surface area contributed by atoms with E-state index in [2.05, 4.69) is 11.9 Å². The van der Waals surface area contributed by atoms with Gasteiger partial charge in [0.25, 0.3) is 0 Å². The van der Waals surface area contributed by atoms with E-state index in [-0.39, 0.29) is 5.97 Å². The third-order valence-electron chi connectivity index (χ3n) is 3.72. The molecule has 96 valence electrons. The van der Waals surface area contributed by atoms with Crippen LogP contribution in [-0.2, 0) is 9.53 Å². The van der Waals surface area contributed by atoms with E-state index < -0.39 is 0 Å². The first-order valence-electron chi connectivity index (χ1n) is 6.29. The highest BCUT2D eigenvalue weighted by atomic mass is 32.2. The zero-order valence-corrected chi connectivity index (χ0v) is 11.5. The average molecular weight is 255 g/mol. The van der Waals surface area contributed by atoms with Crippen LogP contribution in [0.4, 0.5) is 0 Å². The van der Waals surface area contributed by atoms with Crippen molar-refractivity contribution >= 4 is 17.7 Å². The van der Waals surface area contributed by atoms with Gasteiger partial charge in [-0.3, -0.25) is 0 Å². The average Bonchev–Trinajstić information content (AvgIpc) is 2.38. The van der Waals surface area contributed by atoms with Gasteiger partial charge in [-0.15, -0.1) is 0 Å². The van der Waals surface area contributed by atoms with Gasteiger partial charge < -0.3 is 9.64 Å². The summed E-state index contributed by atoms with van der Waals surface area (Å²) in [6.45, 7) is 1.82. The van der Waals surface area contributed by atoms with Crippen molar-refractivity contribution in [2.75, 3.05) is 38.8 Å². The lowest BCUT2D eigenvalue weighted by molar-refractivity contribution is -0.136. The Morgan fingerprint density at radius 1 is 1.41 bits per heavy atom. The summed E-state index contributed by atoms with van der Waals surface area (Å²) in [5.74, 6) is 2.97. The van der Waals surface area contributed by atoms with Crippen molar-refractivity contribution in [1.29, 1.82) is 0 Å². The van der Waals surface area contributed by atoms with Crippen LogP contribution >= 0.6 is 11.8 Å². The number of carbonyl (C=O) groups excluding carboxylic acids is 1. The monoisotopic (exact) mass is 255 g/mol. The molecule has 0 aromatic rings. The van der Waals surface area contributed by atoms with Gasteiger partial charge in [-0.25, -0.2) is 4.79 Å². The van der Waals surface area contributed by atoms with Crippen LogP contribution in [0.25, 0.3) is 0 Å². The van der Waals surface area contributed by atoms with E-state index >= 15 is 0 Å². The van der Waals surface area contributed by atoms with Crippen molar-refractivity contribution in [3.05, 3.63) is 11.1 Å². The summed E-state index contributed by atoms with van der Waals surface area (Å²) in [6, 6.07) is 0. The molecule has 2 aliphatic rings. The van der Waals surface area contributed by atoms with Gasteiger partial charge in [0, 0.05) is 13.1 Å². The molecule has 0 N–H and O–H groups in total. The van der Waals surface area contributed by atoms with Gasteiger partial charge in [-0.1, -0.05) is 5.57 Å². The number of ether oxygens (including phenoxy) is 1. The Morgan fingerprint density at radius 3 is 2.76 bits per heavy atom. The maximum atomic E-state index is 11.9. The van der Waals surface area contributed by atoms with Gasteiger partial charge in [-0.2, -0.15) is 11.8 Å². The lowest BCUT2D eigenvalue weighted by Gasteiger charge is -2.32. The van der Waals surface area contributed by atoms with Crippen molar-refractivity contribution in [3.8, 4) is 0 Å². The van der Waals surface area contributed by atoms with Gasteiger partial charge in [0.15, 0.2) is 0 Å². The molecule has 0 radical (unpaired) electrons. The number of methoxy groups -OCH3 is 1. The SMILES string of the molecule is COC(=O)C1=C(C2CCSCC2)CCN(C)C1. The molecule has 0 bridgehead atoms. The summed E-state index contributed by atoms with van der Waals surface area (Å²) in [7, 11) is 3.55. The molecule has 3 nitrogen and oxygen atoms in total. The highest BCUT2D eigenvalue weighted by Crippen LogP contribution is 2.34. The largest absolute Gasteiger partial charge is 0.466 e. The molecule has 2 heterocycles. The van der Waals surface area contributed by atoms with Crippen molar-refractivity contribution in [2.24, 2.45) is 5.92 Å². The van der Waals surface area contributed by atoms with Crippen LogP contribution in [0.5, 0.6) is 0 Å². The number of hydrogen-bond acceptors (Lipinski definition) is 4. The summed E-state index contributed by atoms with van der Waals surface area (Å²) in [5.41, 5.74) is 2.31. The predicted molar refractivity (Wildman–Crippen MR) is 71.2 cm³/mol. The first-order chi connectivity index (χ1) is 8.22. The minimum atomic E-state index is -0.121. The molecule has 1 fully saturated rings. The molecule has 0 atom stereocenters. The zero-order chi connectivity index (χ0) is 12.3. The highest BCUT2D eigenvalue weighted by molar-refractivity contribution is 7.99. The van der Waals surface area contributed by atoms with E-state index in [4.69, 9.17) is 4.74 Å². The van der Waals surface area contributed by atoms with Crippen LogP contribution in [0.15, 0.2) is 11.1 Å². The molecule has 0 saturated carbocycles. The van der Waals surface area contributed by atoms with Crippen LogP contribution in [-0.4, -0.2) is 49.6 Å². The molecule has 4 heteroatoms. The van der Waals surface area contributed by atoms with Crippen LogP contribution in [0.1, 0.15) is 19.3 Å². The third-order valence-corrected chi connectivity index (χ3v) is 4.77. The van der Waals surface area contributed by atoms with Gasteiger partial charge in [-0.05, 0) is 43.7 Å². The molecular weight excluding hydrogens is 234 g/mol. The second-order valence-electron chi connectivity index (χ2n) is 4.87. The fourth-order valence-corrected chi connectivity index (χ4v) is 3.83. The molecule has 2 aliphatic heterocycles. The van der Waals surface area contributed by atoms with Crippen molar-refractivity contribution in [1.82, 2.24) is 4.90 Å². The number of nitrogens with zero attached hydrogens (tertiary/aromatic N) is 1. The fourth-order valence-electron chi connectivity index (χ4n) is 2.73. The Labute approximate surface area is 108 Å². The molecule has 0 aliphatic carbocycles. The number of thioether (sulfide) groups is 1. The summed E-state index contributed by atoms with van der Waals surface area (Å²) in [5, 5.41) is 0. The van der Waals surface area contributed by atoms with Crippen molar-refractivity contribution in [3.63, 3.8) is 0 Å². The van der Waals surface area contributed by atoms with E-state index in [1.54, 1.807) is 0 Å². The number of likely N-dealkylation sites (N-methyl/N-ethyl adjacent to an activating group) is 1. The second-order valence-corrected chi connectivity index (χ2v) is 6.09. The Balaban J connectivity index is 2.20. The second kappa shape index (κ2) is 5.91. The molecule has 0 aromatic heterocycles. The van der Waals surface area contributed by atoms with Crippen LogP contribution in [0, 0.1) is 5.92 Å². The maximum Gasteiger partial charge on any atom is 0.335 e. The van der Waals surface area contributed by atoms with E-state index in [1.807, 2.05) is 11.8 Å². The Bertz CT molecular complexity index is 321. The van der Waals surface area contributed by atoms with Gasteiger partial charge in [0.1, 0.15) is 0 Å². The van der Waals surface area contributed by atoms with Crippen LogP contribution < -0.4 is 0 Å². The first-order valence-corrected chi connectivity index (χ1v) is 7.44. The van der Waals surface area contributed by atoms with E-state index in [0.717, 1.165) is 25.1 Å². The molecular formula is C13H21NO2S. The Morgan fingerprint density at radius 2 is 2.12 bits per heavy atom. The highest BCUT2D eigenvalue weighted by Gasteiger charge is 2.28. The van der Waals surface area contributed by atoms with E-state index in [0.29, 0.717) is 5.92 Å². The van der Waals surface area contributed by atoms with Gasteiger partial charge in [0.05, 0.1) is 12.7 Å². The third kappa shape index (κ3) is 3.05. The Kier molecular flexibility index (Phi) is 4.51. The van der Waals surface area contributed by atoms with Crippen LogP contribution in [0.2, 0.25) is 0 Å². The van der Waals surface area contributed by atoms with Gasteiger partial charge in [0.2, 0.25) is 0 Å². The molecule has 0 spiro atoms. The number of hydrogen-bond donors (Lipinski definition) is 0. The summed E-state index contributed by atoms with van der Waals surface area (Å²) in [6.07, 6.45) is 3.49. The summed E-state index contributed by atoms with van der Waals surface area (Å²) in [4.78, 5) is 14.1. The molecule has 0 amide bonds. The lowest BCUT2D eigenvalue weighted by atomic mass is 9.85. The number of esters is 1. The minimum Gasteiger partial charge on any atom is -0.466 e. The fraction of sp³-hybridized carbons (Fsp3) is 0.769. The molecule has 0 aromatic carbocycles. The first kappa shape index (κ1) is 13.0. The molecule has 0 unspecified atom stereocenters. The normalized spacial score (nSPS) is 23.9. The van der Waals surface area contributed by atoms with Crippen molar-refractivity contribution < 1.29 is 9.53 Å². The van der Waals surface area contributed by atoms with E-state index in [9.17, 15) is 4.79 Å². The van der Waals surface area contributed by atoms with Gasteiger partial charge >= 0.3 is 5.97 Å². The zero-order valence-electron chi connectivity index (χ0n) is 10.7. The lowest BCUT2D eigenvalue weighted by Crippen LogP contribution is -2.34. The van der Waals surface area contributed by atoms with Crippen molar-refractivity contribution in [2.45, 2.75) is 19.3 Å². The number of rotatable bonds is 2.